The Morgan fingerprint density at radius 3 is 2.53 bits per heavy atom. The first-order valence-electron chi connectivity index (χ1n) is 10.2. The smallest absolute Gasteiger partial charge is 0.261 e. The van der Waals surface area contributed by atoms with Crippen LogP contribution in [0.25, 0.3) is 0 Å². The number of halogens is 2. The van der Waals surface area contributed by atoms with Crippen molar-refractivity contribution in [1.82, 2.24) is 14.8 Å². The molecule has 1 aromatic heterocycles. The summed E-state index contributed by atoms with van der Waals surface area (Å²) < 4.78 is 44.2. The lowest BCUT2D eigenvalue weighted by atomic mass is 10.1. The summed E-state index contributed by atoms with van der Waals surface area (Å²) in [4.78, 5) is 21.1. The molecule has 8 nitrogen and oxygen atoms in total. The van der Waals surface area contributed by atoms with Crippen LogP contribution in [0.1, 0.15) is 18.4 Å². The number of nitrogens with one attached hydrogen (secondary N) is 1. The summed E-state index contributed by atoms with van der Waals surface area (Å²) in [6, 6.07) is 8.02. The van der Waals surface area contributed by atoms with Crippen LogP contribution in [0.4, 0.5) is 10.1 Å². The highest BCUT2D eigenvalue weighted by molar-refractivity contribution is 7.92. The Kier molecular flexibility index (Phi) is 6.55. The van der Waals surface area contributed by atoms with E-state index in [1.54, 1.807) is 12.1 Å². The molecule has 172 valence electrons. The van der Waals surface area contributed by atoms with Gasteiger partial charge in [-0.2, -0.15) is 0 Å². The molecule has 2 aliphatic rings. The van der Waals surface area contributed by atoms with Crippen molar-refractivity contribution < 1.29 is 22.3 Å². The molecular weight excluding hydrogens is 459 g/mol. The lowest BCUT2D eigenvalue weighted by molar-refractivity contribution is -0.139. The predicted molar refractivity (Wildman–Crippen MR) is 119 cm³/mol. The van der Waals surface area contributed by atoms with Crippen molar-refractivity contribution in [3.05, 3.63) is 52.9 Å². The minimum Gasteiger partial charge on any atom is -0.466 e. The molecule has 1 N–H and O–H groups in total. The van der Waals surface area contributed by atoms with E-state index in [1.165, 1.54) is 24.4 Å². The van der Waals surface area contributed by atoms with Crippen LogP contribution in [0.3, 0.4) is 0 Å². The fraction of sp³-hybridized carbons (Fsp3) is 0.429. The van der Waals surface area contributed by atoms with Crippen LogP contribution in [0.5, 0.6) is 5.88 Å². The van der Waals surface area contributed by atoms with Crippen LogP contribution in [0, 0.1) is 5.82 Å². The number of amides is 1. The second-order valence-electron chi connectivity index (χ2n) is 8.18. The molecule has 11 heteroatoms. The number of hydrogen-bond donors (Lipinski definition) is 1. The van der Waals surface area contributed by atoms with Crippen molar-refractivity contribution in [2.45, 2.75) is 31.5 Å². The number of aromatic nitrogens is 1. The zero-order valence-electron chi connectivity index (χ0n) is 17.5. The van der Waals surface area contributed by atoms with Gasteiger partial charge in [-0.25, -0.2) is 17.8 Å². The van der Waals surface area contributed by atoms with E-state index in [-0.39, 0.29) is 47.0 Å². The molecule has 2 aliphatic heterocycles. The zero-order chi connectivity index (χ0) is 22.9. The number of carbonyl (C=O) groups is 1. The minimum absolute atomic E-state index is 0.00420. The topological polar surface area (TPSA) is 91.8 Å². The average molecular weight is 483 g/mol. The molecule has 2 saturated heterocycles. The van der Waals surface area contributed by atoms with Crippen LogP contribution in [-0.4, -0.2) is 67.1 Å². The normalized spacial score (nSPS) is 20.9. The number of rotatable bonds is 7. The summed E-state index contributed by atoms with van der Waals surface area (Å²) >= 11 is 5.90. The molecule has 1 amide bonds. The summed E-state index contributed by atoms with van der Waals surface area (Å²) in [5.41, 5.74) is 1.12. The van der Waals surface area contributed by atoms with E-state index in [1.807, 2.05) is 4.90 Å². The number of hydrogen-bond acceptors (Lipinski definition) is 6. The number of anilines is 1. The number of ether oxygens (including phenoxy) is 1. The molecule has 0 saturated carbocycles. The number of nitrogens with zero attached hydrogens (tertiary/aromatic N) is 3. The van der Waals surface area contributed by atoms with Crippen LogP contribution in [0.15, 0.2) is 36.5 Å². The Morgan fingerprint density at radius 2 is 1.91 bits per heavy atom. The molecule has 3 heterocycles. The average Bonchev–Trinajstić information content (AvgIpc) is 2.98. The number of fused-ring (bicyclic) bond motifs is 2. The van der Waals surface area contributed by atoms with E-state index in [4.69, 9.17) is 16.3 Å². The van der Waals surface area contributed by atoms with E-state index in [2.05, 4.69) is 14.6 Å². The SMILES string of the molecule is CS(=O)(=O)Nc1cc(Cl)cnc1OCC(=O)N1C2CCC1CN(Cc1ccc(F)cc1)C2. The summed E-state index contributed by atoms with van der Waals surface area (Å²) in [6.45, 7) is 1.93. The lowest BCUT2D eigenvalue weighted by Crippen LogP contribution is -2.56. The molecule has 2 atom stereocenters. The molecule has 2 bridgehead atoms. The molecule has 0 spiro atoms. The predicted octanol–water partition coefficient (Wildman–Crippen LogP) is 2.50. The van der Waals surface area contributed by atoms with Crippen LogP contribution < -0.4 is 9.46 Å². The van der Waals surface area contributed by atoms with Gasteiger partial charge in [-0.15, -0.1) is 0 Å². The molecule has 4 rings (SSSR count). The third kappa shape index (κ3) is 5.48. The van der Waals surface area contributed by atoms with Crippen molar-refractivity contribution >= 4 is 33.2 Å². The van der Waals surface area contributed by atoms with Gasteiger partial charge in [-0.3, -0.25) is 14.4 Å². The van der Waals surface area contributed by atoms with Gasteiger partial charge in [0.2, 0.25) is 15.9 Å². The molecule has 1 aromatic carbocycles. The van der Waals surface area contributed by atoms with Gasteiger partial charge in [0.05, 0.1) is 11.3 Å². The summed E-state index contributed by atoms with van der Waals surface area (Å²) in [7, 11) is -3.57. The number of piperazine rings is 1. The fourth-order valence-electron chi connectivity index (χ4n) is 4.39. The van der Waals surface area contributed by atoms with Gasteiger partial charge in [0.15, 0.2) is 6.61 Å². The van der Waals surface area contributed by atoms with E-state index in [0.29, 0.717) is 6.54 Å². The van der Waals surface area contributed by atoms with Gasteiger partial charge < -0.3 is 9.64 Å². The monoisotopic (exact) mass is 482 g/mol. The standard InChI is InChI=1S/C21H24ClFN4O4S/c1-32(29,30)25-19-8-15(22)9-24-21(19)31-13-20(28)27-17-6-7-18(27)12-26(11-17)10-14-2-4-16(23)5-3-14/h2-5,8-9,17-18,25H,6-7,10-13H2,1H3. The number of likely N-dealkylation sites (tertiary alicyclic amines) is 1. The van der Waals surface area contributed by atoms with Crippen molar-refractivity contribution in [3.8, 4) is 5.88 Å². The Balaban J connectivity index is 1.38. The molecule has 2 unspecified atom stereocenters. The zero-order valence-corrected chi connectivity index (χ0v) is 19.1. The Bertz CT molecular complexity index is 1090. The van der Waals surface area contributed by atoms with E-state index >= 15 is 0 Å². The maximum absolute atomic E-state index is 13.1. The fourth-order valence-corrected chi connectivity index (χ4v) is 5.10. The van der Waals surface area contributed by atoms with Crippen molar-refractivity contribution in [3.63, 3.8) is 0 Å². The van der Waals surface area contributed by atoms with Gasteiger partial charge in [-0.05, 0) is 36.6 Å². The van der Waals surface area contributed by atoms with E-state index in [0.717, 1.165) is 37.8 Å². The summed E-state index contributed by atoms with van der Waals surface area (Å²) in [6.07, 6.45) is 4.16. The molecule has 2 aromatic rings. The first-order valence-corrected chi connectivity index (χ1v) is 12.5. The van der Waals surface area contributed by atoms with E-state index in [9.17, 15) is 17.6 Å². The number of pyridine rings is 1. The van der Waals surface area contributed by atoms with Crippen molar-refractivity contribution in [1.29, 1.82) is 0 Å². The second-order valence-corrected chi connectivity index (χ2v) is 10.4. The highest BCUT2D eigenvalue weighted by atomic mass is 35.5. The van der Waals surface area contributed by atoms with Crippen LogP contribution in [0.2, 0.25) is 5.02 Å². The molecule has 2 fully saturated rings. The third-order valence-corrected chi connectivity index (χ3v) is 6.41. The summed E-state index contributed by atoms with van der Waals surface area (Å²) in [5, 5.41) is 0.241. The van der Waals surface area contributed by atoms with Gasteiger partial charge in [0.1, 0.15) is 11.5 Å². The largest absolute Gasteiger partial charge is 0.466 e. The Labute approximate surface area is 191 Å². The third-order valence-electron chi connectivity index (χ3n) is 5.61. The molecule has 32 heavy (non-hydrogen) atoms. The van der Waals surface area contributed by atoms with Crippen molar-refractivity contribution in [2.75, 3.05) is 30.7 Å². The van der Waals surface area contributed by atoms with Gasteiger partial charge in [0, 0.05) is 37.9 Å². The Morgan fingerprint density at radius 1 is 1.25 bits per heavy atom. The highest BCUT2D eigenvalue weighted by Gasteiger charge is 2.42. The number of sulfonamides is 1. The first kappa shape index (κ1) is 22.8. The van der Waals surface area contributed by atoms with Crippen molar-refractivity contribution in [2.24, 2.45) is 0 Å². The molecule has 0 aliphatic carbocycles. The quantitative estimate of drug-likeness (QED) is 0.652. The number of carbonyl (C=O) groups excluding carboxylic acids is 1. The highest BCUT2D eigenvalue weighted by Crippen LogP contribution is 2.32. The maximum Gasteiger partial charge on any atom is 0.261 e. The van der Waals surface area contributed by atoms with Crippen LogP contribution >= 0.6 is 11.6 Å². The second kappa shape index (κ2) is 9.21. The summed E-state index contributed by atoms with van der Waals surface area (Å²) in [5.74, 6) is -0.425. The molecule has 0 radical (unpaired) electrons. The number of benzene rings is 1. The molecular formula is C21H24ClFN4O4S. The van der Waals surface area contributed by atoms with Crippen LogP contribution in [-0.2, 0) is 21.4 Å². The van der Waals surface area contributed by atoms with E-state index < -0.39 is 10.0 Å². The minimum atomic E-state index is -3.57. The maximum atomic E-state index is 13.1. The first-order chi connectivity index (χ1) is 15.2. The van der Waals surface area contributed by atoms with Gasteiger partial charge in [0.25, 0.3) is 5.91 Å². The Hall–Kier alpha value is -2.43. The van der Waals surface area contributed by atoms with Gasteiger partial charge >= 0.3 is 0 Å². The lowest BCUT2D eigenvalue weighted by Gasteiger charge is -2.41. The van der Waals surface area contributed by atoms with Gasteiger partial charge in [-0.1, -0.05) is 23.7 Å².